The summed E-state index contributed by atoms with van der Waals surface area (Å²) < 4.78 is 26.2. The number of ether oxygens (including phenoxy) is 1. The molecule has 0 aliphatic carbocycles. The van der Waals surface area contributed by atoms with Crippen LogP contribution in [0.3, 0.4) is 0 Å². The maximum absolute atomic E-state index is 10.7. The molecule has 0 bridgehead atoms. The van der Waals surface area contributed by atoms with Gasteiger partial charge in [-0.25, -0.2) is 13.6 Å². The Morgan fingerprint density at radius 1 is 1.55 bits per heavy atom. The first-order chi connectivity index (χ1) is 4.89. The van der Waals surface area contributed by atoms with Crippen LogP contribution in [0.25, 0.3) is 0 Å². The standard InChI is InChI=1S/C5H14N2O3S/c1-3-10-5(6)4(2)11(7,8)9/h4-5H,3,6H2,1-2H3,(H2,7,8,9)/t4-,5+/m0/s1. The Morgan fingerprint density at radius 3 is 2.27 bits per heavy atom. The highest BCUT2D eigenvalue weighted by atomic mass is 32.2. The summed E-state index contributed by atoms with van der Waals surface area (Å²) >= 11 is 0. The van der Waals surface area contributed by atoms with Crippen molar-refractivity contribution in [2.24, 2.45) is 10.9 Å². The molecular formula is C5H14N2O3S. The van der Waals surface area contributed by atoms with Gasteiger partial charge in [-0.05, 0) is 13.8 Å². The van der Waals surface area contributed by atoms with Crippen molar-refractivity contribution in [2.75, 3.05) is 6.61 Å². The van der Waals surface area contributed by atoms with Gasteiger partial charge in [0.1, 0.15) is 11.5 Å². The monoisotopic (exact) mass is 182 g/mol. The van der Waals surface area contributed by atoms with E-state index in [9.17, 15) is 8.42 Å². The largest absolute Gasteiger partial charge is 0.362 e. The van der Waals surface area contributed by atoms with Gasteiger partial charge < -0.3 is 10.5 Å². The summed E-state index contributed by atoms with van der Waals surface area (Å²) in [4.78, 5) is 0. The number of primary sulfonamides is 1. The topological polar surface area (TPSA) is 95.4 Å². The van der Waals surface area contributed by atoms with Gasteiger partial charge in [0.15, 0.2) is 0 Å². The van der Waals surface area contributed by atoms with Gasteiger partial charge in [-0.2, -0.15) is 0 Å². The molecule has 5 nitrogen and oxygen atoms in total. The molecule has 0 aliphatic rings. The van der Waals surface area contributed by atoms with Gasteiger partial charge in [-0.15, -0.1) is 0 Å². The molecule has 0 spiro atoms. The van der Waals surface area contributed by atoms with Crippen molar-refractivity contribution in [1.29, 1.82) is 0 Å². The molecule has 2 atom stereocenters. The fraction of sp³-hybridized carbons (Fsp3) is 1.00. The van der Waals surface area contributed by atoms with Crippen LogP contribution in [0.5, 0.6) is 0 Å². The SMILES string of the molecule is CCO[C@@H](N)[C@H](C)S(N)(=O)=O. The predicted molar refractivity (Wildman–Crippen MR) is 42.2 cm³/mol. The maximum atomic E-state index is 10.7. The van der Waals surface area contributed by atoms with Crippen LogP contribution in [-0.4, -0.2) is 26.5 Å². The van der Waals surface area contributed by atoms with Crippen LogP contribution in [0, 0.1) is 0 Å². The first-order valence-electron chi connectivity index (χ1n) is 3.28. The third kappa shape index (κ3) is 3.66. The summed E-state index contributed by atoms with van der Waals surface area (Å²) in [6.07, 6.45) is -0.838. The molecule has 11 heavy (non-hydrogen) atoms. The summed E-state index contributed by atoms with van der Waals surface area (Å²) in [5.41, 5.74) is 5.33. The number of rotatable bonds is 4. The predicted octanol–water partition coefficient (Wildman–Crippen LogP) is -1.02. The van der Waals surface area contributed by atoms with Crippen molar-refractivity contribution in [2.45, 2.75) is 25.3 Å². The van der Waals surface area contributed by atoms with Gasteiger partial charge in [0.25, 0.3) is 0 Å². The van der Waals surface area contributed by atoms with E-state index in [1.165, 1.54) is 6.92 Å². The lowest BCUT2D eigenvalue weighted by atomic mass is 10.4. The Balaban J connectivity index is 4.14. The molecule has 68 valence electrons. The lowest BCUT2D eigenvalue weighted by molar-refractivity contribution is 0.0673. The zero-order valence-corrected chi connectivity index (χ0v) is 7.47. The van der Waals surface area contributed by atoms with Gasteiger partial charge in [-0.3, -0.25) is 0 Å². The lowest BCUT2D eigenvalue weighted by Crippen LogP contribution is -2.43. The molecule has 6 heteroatoms. The molecular weight excluding hydrogens is 168 g/mol. The van der Waals surface area contributed by atoms with E-state index in [-0.39, 0.29) is 0 Å². The third-order valence-corrected chi connectivity index (χ3v) is 2.64. The van der Waals surface area contributed by atoms with Crippen LogP contribution in [0.15, 0.2) is 0 Å². The van der Waals surface area contributed by atoms with Crippen molar-refractivity contribution in [3.63, 3.8) is 0 Å². The highest BCUT2D eigenvalue weighted by molar-refractivity contribution is 7.89. The van der Waals surface area contributed by atoms with E-state index in [1.807, 2.05) is 0 Å². The van der Waals surface area contributed by atoms with Crippen LogP contribution >= 0.6 is 0 Å². The van der Waals surface area contributed by atoms with Gasteiger partial charge in [-0.1, -0.05) is 0 Å². The molecule has 0 saturated heterocycles. The Labute approximate surface area is 66.8 Å². The smallest absolute Gasteiger partial charge is 0.215 e. The molecule has 4 N–H and O–H groups in total. The molecule has 0 aromatic carbocycles. The minimum atomic E-state index is -3.57. The molecule has 0 aromatic rings. The van der Waals surface area contributed by atoms with E-state index >= 15 is 0 Å². The van der Waals surface area contributed by atoms with E-state index in [0.717, 1.165) is 0 Å². The molecule has 0 rings (SSSR count). The second kappa shape index (κ2) is 4.01. The molecule has 0 aromatic heterocycles. The van der Waals surface area contributed by atoms with Crippen LogP contribution in [0.1, 0.15) is 13.8 Å². The fourth-order valence-corrected chi connectivity index (χ4v) is 0.967. The van der Waals surface area contributed by atoms with Crippen LogP contribution in [-0.2, 0) is 14.8 Å². The van der Waals surface area contributed by atoms with Crippen molar-refractivity contribution in [1.82, 2.24) is 0 Å². The van der Waals surface area contributed by atoms with E-state index in [4.69, 9.17) is 15.6 Å². The maximum Gasteiger partial charge on any atom is 0.215 e. The van der Waals surface area contributed by atoms with Gasteiger partial charge in [0.2, 0.25) is 10.0 Å². The van der Waals surface area contributed by atoms with Crippen LogP contribution in [0.4, 0.5) is 0 Å². The van der Waals surface area contributed by atoms with E-state index in [1.54, 1.807) is 6.92 Å². The minimum absolute atomic E-state index is 0.376. The lowest BCUT2D eigenvalue weighted by Gasteiger charge is -2.16. The molecule has 0 heterocycles. The summed E-state index contributed by atoms with van der Waals surface area (Å²) in [6.45, 7) is 3.52. The van der Waals surface area contributed by atoms with E-state index in [2.05, 4.69) is 0 Å². The fourth-order valence-electron chi connectivity index (χ4n) is 0.515. The molecule has 0 unspecified atom stereocenters. The highest BCUT2D eigenvalue weighted by Gasteiger charge is 2.23. The van der Waals surface area contributed by atoms with Gasteiger partial charge >= 0.3 is 0 Å². The number of hydrogen-bond donors (Lipinski definition) is 2. The molecule has 0 radical (unpaired) electrons. The second-order valence-electron chi connectivity index (χ2n) is 2.21. The number of hydrogen-bond acceptors (Lipinski definition) is 4. The summed E-state index contributed by atoms with van der Waals surface area (Å²) in [7, 11) is -3.57. The zero-order valence-electron chi connectivity index (χ0n) is 6.65. The molecule has 0 saturated carbocycles. The van der Waals surface area contributed by atoms with Crippen LogP contribution in [0.2, 0.25) is 0 Å². The van der Waals surface area contributed by atoms with E-state index < -0.39 is 21.5 Å². The van der Waals surface area contributed by atoms with Crippen molar-refractivity contribution in [3.05, 3.63) is 0 Å². The second-order valence-corrected chi connectivity index (χ2v) is 4.14. The quantitative estimate of drug-likeness (QED) is 0.544. The first kappa shape index (κ1) is 10.8. The summed E-state index contributed by atoms with van der Waals surface area (Å²) in [6, 6.07) is 0. The van der Waals surface area contributed by atoms with E-state index in [0.29, 0.717) is 6.61 Å². The van der Waals surface area contributed by atoms with Crippen molar-refractivity contribution >= 4 is 10.0 Å². The van der Waals surface area contributed by atoms with Crippen molar-refractivity contribution in [3.8, 4) is 0 Å². The summed E-state index contributed by atoms with van der Waals surface area (Å²) in [5.74, 6) is 0. The third-order valence-electron chi connectivity index (χ3n) is 1.34. The van der Waals surface area contributed by atoms with Gasteiger partial charge in [0, 0.05) is 6.61 Å². The minimum Gasteiger partial charge on any atom is -0.362 e. The van der Waals surface area contributed by atoms with Crippen molar-refractivity contribution < 1.29 is 13.2 Å². The Bertz CT molecular complexity index is 202. The first-order valence-corrected chi connectivity index (χ1v) is 4.89. The number of nitrogens with two attached hydrogens (primary N) is 2. The Hall–Kier alpha value is -0.170. The number of sulfonamides is 1. The van der Waals surface area contributed by atoms with Crippen LogP contribution < -0.4 is 10.9 Å². The highest BCUT2D eigenvalue weighted by Crippen LogP contribution is 2.00. The molecule has 0 amide bonds. The summed E-state index contributed by atoms with van der Waals surface area (Å²) in [5, 5.41) is 3.96. The average Bonchev–Trinajstić information content (AvgIpc) is 1.85. The van der Waals surface area contributed by atoms with Gasteiger partial charge in [0.05, 0.1) is 0 Å². The normalized spacial score (nSPS) is 17.8. The molecule has 0 fully saturated rings. The average molecular weight is 182 g/mol. The Morgan fingerprint density at radius 2 is 2.00 bits per heavy atom. The Kier molecular flexibility index (Phi) is 3.95. The zero-order chi connectivity index (χ0) is 9.07. The molecule has 0 aliphatic heterocycles.